The van der Waals surface area contributed by atoms with Crippen molar-refractivity contribution in [3.63, 3.8) is 0 Å². The van der Waals surface area contributed by atoms with Gasteiger partial charge in [-0.2, -0.15) is 0 Å². The maximum atomic E-state index is 2.37. The van der Waals surface area contributed by atoms with Crippen LogP contribution in [0.2, 0.25) is 0 Å². The average molecular weight is 1440 g/mol. The van der Waals surface area contributed by atoms with E-state index >= 15 is 0 Å². The van der Waals surface area contributed by atoms with Gasteiger partial charge in [0.05, 0.1) is 0 Å². The highest BCUT2D eigenvalue weighted by atomic mass is 32.1. The topological polar surface area (TPSA) is 13.0 Å². The van der Waals surface area contributed by atoms with Crippen molar-refractivity contribution >= 4 is 114 Å². The molecular formula is C98H74N4S4. The molecule has 0 aliphatic carbocycles. The second-order valence-electron chi connectivity index (χ2n) is 26.7. The molecule has 0 N–H and O–H groups in total. The number of rotatable bonds is 20. The fraction of sp³-hybridized carbons (Fsp3) is 0.0408. The summed E-state index contributed by atoms with van der Waals surface area (Å²) in [6.07, 6.45) is 0. The Morgan fingerprint density at radius 3 is 0.642 bits per heavy atom. The van der Waals surface area contributed by atoms with E-state index in [-0.39, 0.29) is 0 Å². The number of thiophene rings is 4. The number of hydrogen-bond donors (Lipinski definition) is 0. The summed E-state index contributed by atoms with van der Waals surface area (Å²) in [7, 11) is 0. The lowest BCUT2D eigenvalue weighted by molar-refractivity contribution is 1.28. The van der Waals surface area contributed by atoms with Crippen LogP contribution in [0.5, 0.6) is 0 Å². The summed E-state index contributed by atoms with van der Waals surface area (Å²) in [4.78, 5) is 19.7. The highest BCUT2D eigenvalue weighted by Gasteiger charge is 2.21. The highest BCUT2D eigenvalue weighted by molar-refractivity contribution is 7.16. The second kappa shape index (κ2) is 29.9. The fourth-order valence-corrected chi connectivity index (χ4v) is 17.8. The molecule has 4 aromatic heterocycles. The third-order valence-corrected chi connectivity index (χ3v) is 23.9. The van der Waals surface area contributed by atoms with Crippen LogP contribution in [0.3, 0.4) is 0 Å². The van der Waals surface area contributed by atoms with Crippen molar-refractivity contribution in [1.29, 1.82) is 0 Å². The molecule has 0 radical (unpaired) electrons. The molecule has 13 aromatic carbocycles. The molecule has 0 saturated carbocycles. The molecule has 4 heterocycles. The summed E-state index contributed by atoms with van der Waals surface area (Å²) in [6.45, 7) is 8.75. The normalized spacial score (nSPS) is 11.2. The Labute approximate surface area is 637 Å². The van der Waals surface area contributed by atoms with Gasteiger partial charge in [0.25, 0.3) is 0 Å². The van der Waals surface area contributed by atoms with Crippen LogP contribution in [0, 0.1) is 27.7 Å². The van der Waals surface area contributed by atoms with Gasteiger partial charge in [0, 0.05) is 107 Å². The first kappa shape index (κ1) is 67.1. The molecule has 510 valence electrons. The standard InChI is InChI=1S/C98H74N4S4/c1-67-23-62-95(103-67)76-36-54-90(55-37-76)99(82-17-8-5-9-18-82)85-44-26-71(27-45-85)72-30-48-87(49-31-72)101(84-21-12-7-13-22-84)92-60-42-79(43-61-92)98-66-94(70(4)106-98)81-16-14-15-80(65-81)75-34-52-89(53-35-75)102(93-58-40-78(41-59-93)97-64-25-69(3)105-97)88-50-32-74(33-51-88)73-28-46-86(47-29-73)100(83-19-10-6-11-20-83)91-56-38-77(39-57-91)96-63-24-68(2)104-96/h5-66H,1-4H3. The van der Waals surface area contributed by atoms with E-state index in [4.69, 9.17) is 0 Å². The molecule has 4 nitrogen and oxygen atoms in total. The maximum Gasteiger partial charge on any atom is 0.0462 e. The van der Waals surface area contributed by atoms with Crippen molar-refractivity contribution in [1.82, 2.24) is 0 Å². The van der Waals surface area contributed by atoms with Crippen LogP contribution >= 0.6 is 45.3 Å². The van der Waals surface area contributed by atoms with Crippen LogP contribution in [0.4, 0.5) is 68.2 Å². The van der Waals surface area contributed by atoms with E-state index in [0.29, 0.717) is 0 Å². The first-order valence-electron chi connectivity index (χ1n) is 35.8. The van der Waals surface area contributed by atoms with Crippen molar-refractivity contribution < 1.29 is 0 Å². The average Bonchev–Trinajstić information content (AvgIpc) is 0.958. The Balaban J connectivity index is 0.602. The van der Waals surface area contributed by atoms with Crippen LogP contribution in [-0.2, 0) is 0 Å². The van der Waals surface area contributed by atoms with E-state index < -0.39 is 0 Å². The minimum Gasteiger partial charge on any atom is -0.311 e. The third kappa shape index (κ3) is 14.2. The van der Waals surface area contributed by atoms with Gasteiger partial charge in [-0.25, -0.2) is 0 Å². The molecule has 17 rings (SSSR count). The van der Waals surface area contributed by atoms with E-state index in [9.17, 15) is 0 Å². The summed E-state index contributed by atoms with van der Waals surface area (Å²) in [5.74, 6) is 0. The van der Waals surface area contributed by atoms with Crippen LogP contribution in [0.1, 0.15) is 19.5 Å². The number of benzene rings is 13. The van der Waals surface area contributed by atoms with Gasteiger partial charge in [0.15, 0.2) is 0 Å². The molecule has 0 unspecified atom stereocenters. The molecule has 0 aliphatic heterocycles. The van der Waals surface area contributed by atoms with Crippen LogP contribution in [0.25, 0.3) is 86.3 Å². The number of nitrogens with zero attached hydrogens (tertiary/aromatic N) is 4. The predicted octanol–water partition coefficient (Wildman–Crippen LogP) is 30.4. The van der Waals surface area contributed by atoms with Gasteiger partial charge in [0.1, 0.15) is 0 Å². The predicted molar refractivity (Wildman–Crippen MR) is 459 cm³/mol. The lowest BCUT2D eigenvalue weighted by Crippen LogP contribution is -2.10. The van der Waals surface area contributed by atoms with Crippen molar-refractivity contribution in [3.8, 4) is 86.3 Å². The molecule has 8 heteroatoms. The monoisotopic (exact) mass is 1430 g/mol. The summed E-state index contributed by atoms with van der Waals surface area (Å²) in [5, 5.41) is 0. The van der Waals surface area contributed by atoms with Crippen LogP contribution in [0.15, 0.2) is 376 Å². The lowest BCUT2D eigenvalue weighted by atomic mass is 9.98. The van der Waals surface area contributed by atoms with Gasteiger partial charge < -0.3 is 19.6 Å². The van der Waals surface area contributed by atoms with E-state index in [2.05, 4.69) is 423 Å². The number of hydrogen-bond acceptors (Lipinski definition) is 8. The lowest BCUT2D eigenvalue weighted by Gasteiger charge is -2.26. The van der Waals surface area contributed by atoms with Gasteiger partial charge in [-0.3, -0.25) is 0 Å². The SMILES string of the molecule is Cc1ccc(-c2ccc(N(c3ccccc3)c3ccc(-c4ccc(N(c5ccc(-c6cccc(-c7cc(-c8ccc(N(c9ccccc9)c9ccc(-c%10ccc(N(c%11ccccc%11)c%11ccc(-c%12ccc(C)s%12)cc%11)cc%10)cc9)cc8)sc7C)c6)cc5)c5ccc(-c6ccc(C)s6)cc5)cc4)cc3)cc2)s1. The first-order valence-corrected chi connectivity index (χ1v) is 39.1. The van der Waals surface area contributed by atoms with E-state index in [1.165, 1.54) is 78.0 Å². The quantitative estimate of drug-likeness (QED) is 0.0754. The van der Waals surface area contributed by atoms with E-state index in [1.54, 1.807) is 0 Å². The summed E-state index contributed by atoms with van der Waals surface area (Å²) < 4.78 is 0. The van der Waals surface area contributed by atoms with E-state index in [0.717, 1.165) is 96.1 Å². The molecule has 0 bridgehead atoms. The summed E-state index contributed by atoms with van der Waals surface area (Å²) >= 11 is 7.34. The Morgan fingerprint density at radius 2 is 0.387 bits per heavy atom. The molecule has 0 amide bonds. The Kier molecular flexibility index (Phi) is 18.9. The number of aryl methyl sites for hydroxylation is 4. The number of anilines is 12. The summed E-state index contributed by atoms with van der Waals surface area (Å²) in [6, 6.07) is 137. The Bertz CT molecular complexity index is 5810. The molecule has 0 saturated heterocycles. The van der Waals surface area contributed by atoms with Crippen LogP contribution in [-0.4, -0.2) is 0 Å². The van der Waals surface area contributed by atoms with Gasteiger partial charge in [-0.15, -0.1) is 45.3 Å². The fourth-order valence-electron chi connectivity index (χ4n) is 14.2. The molecule has 106 heavy (non-hydrogen) atoms. The van der Waals surface area contributed by atoms with Crippen molar-refractivity contribution in [3.05, 3.63) is 396 Å². The minimum atomic E-state index is 1.08. The molecule has 0 fully saturated rings. The maximum absolute atomic E-state index is 2.37. The van der Waals surface area contributed by atoms with Crippen molar-refractivity contribution in [2.75, 3.05) is 19.6 Å². The first-order chi connectivity index (χ1) is 52.1. The molecular weight excluding hydrogens is 1360 g/mol. The molecule has 17 aromatic rings. The van der Waals surface area contributed by atoms with Gasteiger partial charge in [-0.05, 0) is 289 Å². The Morgan fingerprint density at radius 1 is 0.160 bits per heavy atom. The highest BCUT2D eigenvalue weighted by Crippen LogP contribution is 2.46. The Hall–Kier alpha value is -12.1. The molecule has 0 spiro atoms. The van der Waals surface area contributed by atoms with Gasteiger partial charge >= 0.3 is 0 Å². The zero-order valence-corrected chi connectivity index (χ0v) is 62.5. The van der Waals surface area contributed by atoms with Crippen LogP contribution < -0.4 is 19.6 Å². The van der Waals surface area contributed by atoms with Crippen molar-refractivity contribution in [2.45, 2.75) is 27.7 Å². The van der Waals surface area contributed by atoms with Crippen molar-refractivity contribution in [2.24, 2.45) is 0 Å². The smallest absolute Gasteiger partial charge is 0.0462 e. The minimum absolute atomic E-state index is 1.08. The zero-order chi connectivity index (χ0) is 71.5. The number of para-hydroxylation sites is 3. The zero-order valence-electron chi connectivity index (χ0n) is 59.2. The summed E-state index contributed by atoms with van der Waals surface area (Å²) in [5.41, 5.74) is 27.5. The molecule has 0 aliphatic rings. The molecule has 0 atom stereocenters. The largest absolute Gasteiger partial charge is 0.311 e. The van der Waals surface area contributed by atoms with Gasteiger partial charge in [0.2, 0.25) is 0 Å². The second-order valence-corrected chi connectivity index (χ2v) is 31.8. The van der Waals surface area contributed by atoms with Gasteiger partial charge in [-0.1, -0.05) is 182 Å². The third-order valence-electron chi connectivity index (χ3n) is 19.6. The van der Waals surface area contributed by atoms with E-state index in [1.807, 2.05) is 45.3 Å².